The number of anilines is 1. The molecule has 0 aliphatic heterocycles. The van der Waals surface area contributed by atoms with E-state index in [2.05, 4.69) is 15.3 Å². The standard InChI is InChI=1S/C17H16FN3O2S2/c1-11-3-6-13(24-11)10-19-17-20-15(9-16(18)21-17)12-4-7-14(8-5-12)25(2,22)23/h3-9H,10H2,1-2H3,(H,19,20,21). The number of nitrogens with one attached hydrogen (secondary N) is 1. The molecule has 0 fully saturated rings. The van der Waals surface area contributed by atoms with Gasteiger partial charge in [0.25, 0.3) is 0 Å². The van der Waals surface area contributed by atoms with Gasteiger partial charge in [-0.15, -0.1) is 11.3 Å². The van der Waals surface area contributed by atoms with Gasteiger partial charge in [-0.3, -0.25) is 0 Å². The van der Waals surface area contributed by atoms with Crippen molar-refractivity contribution >= 4 is 27.1 Å². The van der Waals surface area contributed by atoms with Gasteiger partial charge in [-0.1, -0.05) is 12.1 Å². The Morgan fingerprint density at radius 2 is 1.84 bits per heavy atom. The molecule has 2 heterocycles. The van der Waals surface area contributed by atoms with Crippen molar-refractivity contribution in [1.82, 2.24) is 9.97 Å². The monoisotopic (exact) mass is 377 g/mol. The normalized spacial score (nSPS) is 11.5. The summed E-state index contributed by atoms with van der Waals surface area (Å²) in [7, 11) is -3.27. The third-order valence-corrected chi connectivity index (χ3v) is 5.62. The highest BCUT2D eigenvalue weighted by Gasteiger charge is 2.10. The second-order valence-electron chi connectivity index (χ2n) is 5.56. The summed E-state index contributed by atoms with van der Waals surface area (Å²) in [6.07, 6.45) is 1.14. The van der Waals surface area contributed by atoms with Crippen molar-refractivity contribution in [3.8, 4) is 11.3 Å². The molecule has 1 N–H and O–H groups in total. The summed E-state index contributed by atoms with van der Waals surface area (Å²) in [6, 6.07) is 11.4. The summed E-state index contributed by atoms with van der Waals surface area (Å²) < 4.78 is 36.9. The van der Waals surface area contributed by atoms with Crippen LogP contribution in [0, 0.1) is 12.9 Å². The van der Waals surface area contributed by atoms with Crippen LogP contribution in [-0.2, 0) is 16.4 Å². The summed E-state index contributed by atoms with van der Waals surface area (Å²) >= 11 is 1.65. The van der Waals surface area contributed by atoms with E-state index in [0.717, 1.165) is 11.1 Å². The molecule has 3 aromatic rings. The third-order valence-electron chi connectivity index (χ3n) is 3.49. The molecule has 0 atom stereocenters. The molecule has 2 aromatic heterocycles. The van der Waals surface area contributed by atoms with Crippen molar-refractivity contribution in [3.05, 3.63) is 58.2 Å². The lowest BCUT2D eigenvalue weighted by atomic mass is 10.1. The molecule has 5 nitrogen and oxygen atoms in total. The number of rotatable bonds is 5. The molecule has 130 valence electrons. The number of halogens is 1. The molecular formula is C17H16FN3O2S2. The van der Waals surface area contributed by atoms with Gasteiger partial charge in [-0.2, -0.15) is 9.37 Å². The predicted octanol–water partition coefficient (Wildman–Crippen LogP) is 3.67. The topological polar surface area (TPSA) is 72.0 Å². The average Bonchev–Trinajstić information content (AvgIpc) is 2.97. The lowest BCUT2D eigenvalue weighted by Gasteiger charge is -2.07. The van der Waals surface area contributed by atoms with Crippen molar-refractivity contribution in [2.24, 2.45) is 0 Å². The second kappa shape index (κ2) is 6.89. The van der Waals surface area contributed by atoms with Crippen LogP contribution in [0.15, 0.2) is 47.4 Å². The molecular weight excluding hydrogens is 361 g/mol. The fraction of sp³-hybridized carbons (Fsp3) is 0.176. The minimum atomic E-state index is -3.27. The first-order valence-corrected chi connectivity index (χ1v) is 10.2. The van der Waals surface area contributed by atoms with Crippen LogP contribution in [0.25, 0.3) is 11.3 Å². The van der Waals surface area contributed by atoms with E-state index < -0.39 is 15.8 Å². The SMILES string of the molecule is Cc1ccc(CNc2nc(F)cc(-c3ccc(S(C)(=O)=O)cc3)n2)s1. The van der Waals surface area contributed by atoms with E-state index in [9.17, 15) is 12.8 Å². The molecule has 0 radical (unpaired) electrons. The van der Waals surface area contributed by atoms with Gasteiger partial charge in [0.1, 0.15) is 0 Å². The number of aryl methyl sites for hydroxylation is 1. The predicted molar refractivity (Wildman–Crippen MR) is 96.9 cm³/mol. The highest BCUT2D eigenvalue weighted by atomic mass is 32.2. The Hall–Kier alpha value is -2.32. The quantitative estimate of drug-likeness (QED) is 0.687. The molecule has 1 aromatic carbocycles. The molecule has 0 aliphatic carbocycles. The summed E-state index contributed by atoms with van der Waals surface area (Å²) in [6.45, 7) is 2.53. The van der Waals surface area contributed by atoms with Gasteiger partial charge >= 0.3 is 0 Å². The van der Waals surface area contributed by atoms with Gasteiger partial charge in [-0.25, -0.2) is 13.4 Å². The molecule has 0 saturated carbocycles. The van der Waals surface area contributed by atoms with E-state index >= 15 is 0 Å². The summed E-state index contributed by atoms with van der Waals surface area (Å²) in [5, 5.41) is 3.01. The maximum Gasteiger partial charge on any atom is 0.226 e. The van der Waals surface area contributed by atoms with Crippen LogP contribution in [0.1, 0.15) is 9.75 Å². The third kappa shape index (κ3) is 4.40. The first-order valence-electron chi connectivity index (χ1n) is 7.45. The second-order valence-corrected chi connectivity index (χ2v) is 8.95. The zero-order chi connectivity index (χ0) is 18.0. The maximum absolute atomic E-state index is 13.8. The summed E-state index contributed by atoms with van der Waals surface area (Å²) in [5.74, 6) is -0.463. The zero-order valence-corrected chi connectivity index (χ0v) is 15.3. The molecule has 0 spiro atoms. The van der Waals surface area contributed by atoms with Crippen LogP contribution >= 0.6 is 11.3 Å². The van der Waals surface area contributed by atoms with Gasteiger partial charge in [0.2, 0.25) is 11.9 Å². The van der Waals surface area contributed by atoms with Gasteiger partial charge in [0, 0.05) is 27.6 Å². The van der Waals surface area contributed by atoms with Crippen LogP contribution < -0.4 is 5.32 Å². The van der Waals surface area contributed by atoms with Crippen LogP contribution in [0.3, 0.4) is 0 Å². The fourth-order valence-corrected chi connectivity index (χ4v) is 3.72. The van der Waals surface area contributed by atoms with Gasteiger partial charge in [0.05, 0.1) is 17.1 Å². The molecule has 8 heteroatoms. The lowest BCUT2D eigenvalue weighted by molar-refractivity contribution is 0.582. The first-order chi connectivity index (χ1) is 11.8. The minimum Gasteiger partial charge on any atom is -0.349 e. The van der Waals surface area contributed by atoms with E-state index in [1.54, 1.807) is 23.5 Å². The number of sulfone groups is 1. The molecule has 25 heavy (non-hydrogen) atoms. The minimum absolute atomic E-state index is 0.188. The van der Waals surface area contributed by atoms with Crippen molar-refractivity contribution < 1.29 is 12.8 Å². The van der Waals surface area contributed by atoms with E-state index in [0.29, 0.717) is 17.8 Å². The number of aromatic nitrogens is 2. The Kier molecular flexibility index (Phi) is 4.82. The number of hydrogen-bond acceptors (Lipinski definition) is 6. The highest BCUT2D eigenvalue weighted by molar-refractivity contribution is 7.90. The molecule has 3 rings (SSSR count). The Morgan fingerprint density at radius 1 is 1.12 bits per heavy atom. The van der Waals surface area contributed by atoms with E-state index in [1.165, 1.54) is 23.1 Å². The van der Waals surface area contributed by atoms with Crippen molar-refractivity contribution in [3.63, 3.8) is 0 Å². The molecule has 0 aliphatic rings. The van der Waals surface area contributed by atoms with Crippen LogP contribution in [0.5, 0.6) is 0 Å². The fourth-order valence-electron chi connectivity index (χ4n) is 2.26. The van der Waals surface area contributed by atoms with E-state index in [-0.39, 0.29) is 10.8 Å². The van der Waals surface area contributed by atoms with Gasteiger partial charge < -0.3 is 5.32 Å². The Balaban J connectivity index is 1.83. The molecule has 0 bridgehead atoms. The van der Waals surface area contributed by atoms with Crippen molar-refractivity contribution in [2.45, 2.75) is 18.4 Å². The smallest absolute Gasteiger partial charge is 0.226 e. The summed E-state index contributed by atoms with van der Waals surface area (Å²) in [5.41, 5.74) is 1.00. The number of thiophene rings is 1. The van der Waals surface area contributed by atoms with Crippen LogP contribution in [0.2, 0.25) is 0 Å². The molecule has 0 unspecified atom stereocenters. The Labute approximate surface area is 149 Å². The van der Waals surface area contributed by atoms with Crippen LogP contribution in [0.4, 0.5) is 10.3 Å². The highest BCUT2D eigenvalue weighted by Crippen LogP contribution is 2.22. The van der Waals surface area contributed by atoms with Gasteiger partial charge in [-0.05, 0) is 31.2 Å². The largest absolute Gasteiger partial charge is 0.349 e. The van der Waals surface area contributed by atoms with Crippen molar-refractivity contribution in [1.29, 1.82) is 0 Å². The van der Waals surface area contributed by atoms with E-state index in [1.807, 2.05) is 19.1 Å². The number of nitrogens with zero attached hydrogens (tertiary/aromatic N) is 2. The van der Waals surface area contributed by atoms with Crippen molar-refractivity contribution in [2.75, 3.05) is 11.6 Å². The molecule has 0 saturated heterocycles. The van der Waals surface area contributed by atoms with Gasteiger partial charge in [0.15, 0.2) is 9.84 Å². The first kappa shape index (κ1) is 17.5. The Morgan fingerprint density at radius 3 is 2.44 bits per heavy atom. The maximum atomic E-state index is 13.8. The molecule has 0 amide bonds. The van der Waals surface area contributed by atoms with Crippen LogP contribution in [-0.4, -0.2) is 24.6 Å². The lowest BCUT2D eigenvalue weighted by Crippen LogP contribution is -2.04. The Bertz CT molecular complexity index is 999. The number of hydrogen-bond donors (Lipinski definition) is 1. The average molecular weight is 377 g/mol. The summed E-state index contributed by atoms with van der Waals surface area (Å²) in [4.78, 5) is 10.6. The van der Waals surface area contributed by atoms with E-state index in [4.69, 9.17) is 0 Å². The number of benzene rings is 1. The zero-order valence-electron chi connectivity index (χ0n) is 13.7.